The third kappa shape index (κ3) is 3.86. The number of hydrogen-bond acceptors (Lipinski definition) is 6. The second-order valence-electron chi connectivity index (χ2n) is 6.48. The summed E-state index contributed by atoms with van der Waals surface area (Å²) in [6.07, 6.45) is 2.52. The summed E-state index contributed by atoms with van der Waals surface area (Å²) >= 11 is 0. The summed E-state index contributed by atoms with van der Waals surface area (Å²) in [6.45, 7) is 0.785. The van der Waals surface area contributed by atoms with E-state index < -0.39 is 0 Å². The highest BCUT2D eigenvalue weighted by atomic mass is 16.5. The summed E-state index contributed by atoms with van der Waals surface area (Å²) in [5.41, 5.74) is 4.56. The normalized spacial score (nSPS) is 12.7. The van der Waals surface area contributed by atoms with Crippen molar-refractivity contribution in [1.29, 1.82) is 0 Å². The van der Waals surface area contributed by atoms with E-state index in [1.165, 1.54) is 5.56 Å². The molecule has 6 nitrogen and oxygen atoms in total. The molecule has 0 saturated heterocycles. The molecule has 2 aromatic carbocycles. The average molecular weight is 385 g/mol. The van der Waals surface area contributed by atoms with E-state index in [1.807, 2.05) is 18.2 Å². The Kier molecular flexibility index (Phi) is 6.29. The van der Waals surface area contributed by atoms with Crippen LogP contribution in [0.15, 0.2) is 29.3 Å². The zero-order chi connectivity index (χ0) is 20.1. The Bertz CT molecular complexity index is 850. The van der Waals surface area contributed by atoms with E-state index in [-0.39, 0.29) is 0 Å². The Labute approximate surface area is 166 Å². The lowest BCUT2D eigenvalue weighted by molar-refractivity contribution is 0.324. The van der Waals surface area contributed by atoms with Crippen molar-refractivity contribution in [3.8, 4) is 28.7 Å². The van der Waals surface area contributed by atoms with Crippen molar-refractivity contribution in [3.63, 3.8) is 0 Å². The Morgan fingerprint density at radius 1 is 0.714 bits per heavy atom. The number of rotatable bonds is 8. The Morgan fingerprint density at radius 2 is 1.32 bits per heavy atom. The summed E-state index contributed by atoms with van der Waals surface area (Å²) in [7, 11) is 8.17. The number of benzene rings is 2. The molecule has 150 valence electrons. The number of aryl methyl sites for hydroxylation is 1. The minimum atomic E-state index is 0.603. The van der Waals surface area contributed by atoms with Crippen LogP contribution in [0.5, 0.6) is 28.7 Å². The molecule has 0 unspecified atom stereocenters. The smallest absolute Gasteiger partial charge is 0.203 e. The maximum absolute atomic E-state index is 5.47. The summed E-state index contributed by atoms with van der Waals surface area (Å²) < 4.78 is 27.2. The first-order valence-electron chi connectivity index (χ1n) is 9.22. The number of ether oxygens (including phenoxy) is 5. The molecular weight excluding hydrogens is 358 g/mol. The fourth-order valence-electron chi connectivity index (χ4n) is 3.55. The van der Waals surface area contributed by atoms with Gasteiger partial charge in [-0.2, -0.15) is 0 Å². The van der Waals surface area contributed by atoms with Crippen LogP contribution in [0.4, 0.5) is 0 Å². The molecule has 0 bridgehead atoms. The van der Waals surface area contributed by atoms with E-state index in [9.17, 15) is 0 Å². The van der Waals surface area contributed by atoms with Crippen molar-refractivity contribution in [2.75, 3.05) is 42.1 Å². The molecule has 0 aliphatic carbocycles. The van der Waals surface area contributed by atoms with E-state index in [1.54, 1.807) is 35.5 Å². The number of nitrogens with zero attached hydrogens (tertiary/aromatic N) is 1. The summed E-state index contributed by atoms with van der Waals surface area (Å²) in [5, 5.41) is 0. The van der Waals surface area contributed by atoms with E-state index in [0.29, 0.717) is 17.2 Å². The lowest BCUT2D eigenvalue weighted by Gasteiger charge is -2.20. The number of hydrogen-bond donors (Lipinski definition) is 0. The van der Waals surface area contributed by atoms with Gasteiger partial charge < -0.3 is 23.7 Å². The molecule has 1 aliphatic heterocycles. The van der Waals surface area contributed by atoms with Crippen LogP contribution in [0.25, 0.3) is 0 Å². The third-order valence-electron chi connectivity index (χ3n) is 4.98. The van der Waals surface area contributed by atoms with Gasteiger partial charge in [0.15, 0.2) is 23.0 Å². The van der Waals surface area contributed by atoms with Crippen molar-refractivity contribution in [2.45, 2.75) is 19.3 Å². The van der Waals surface area contributed by atoms with Gasteiger partial charge in [0, 0.05) is 17.8 Å². The molecule has 0 radical (unpaired) electrons. The van der Waals surface area contributed by atoms with E-state index >= 15 is 0 Å². The molecule has 28 heavy (non-hydrogen) atoms. The van der Waals surface area contributed by atoms with Crippen LogP contribution in [-0.2, 0) is 12.8 Å². The van der Waals surface area contributed by atoms with Gasteiger partial charge in [-0.1, -0.05) is 0 Å². The molecule has 0 saturated carbocycles. The molecule has 3 rings (SSSR count). The maximum Gasteiger partial charge on any atom is 0.203 e. The fraction of sp³-hybridized carbons (Fsp3) is 0.409. The number of methoxy groups -OCH3 is 5. The standard InChI is InChI=1S/C22H27NO5/c1-24-18-12-15-8-9-23-17(16(15)13-19(18)25-2)7-6-14-10-20(26-3)22(28-5)21(11-14)27-4/h10-13H,6-9H2,1-5H3. The third-order valence-corrected chi connectivity index (χ3v) is 4.98. The largest absolute Gasteiger partial charge is 0.493 e. The monoisotopic (exact) mass is 385 g/mol. The lowest BCUT2D eigenvalue weighted by Crippen LogP contribution is -2.14. The van der Waals surface area contributed by atoms with Gasteiger partial charge in [-0.3, -0.25) is 4.99 Å². The zero-order valence-electron chi connectivity index (χ0n) is 17.1. The van der Waals surface area contributed by atoms with Crippen LogP contribution in [-0.4, -0.2) is 47.8 Å². The predicted octanol–water partition coefficient (Wildman–Crippen LogP) is 3.71. The topological polar surface area (TPSA) is 58.5 Å². The van der Waals surface area contributed by atoms with E-state index in [0.717, 1.165) is 54.1 Å². The molecule has 1 heterocycles. The van der Waals surface area contributed by atoms with Crippen molar-refractivity contribution in [1.82, 2.24) is 0 Å². The van der Waals surface area contributed by atoms with Crippen molar-refractivity contribution in [3.05, 3.63) is 41.0 Å². The number of aliphatic imine (C=N–C) groups is 1. The van der Waals surface area contributed by atoms with Crippen LogP contribution < -0.4 is 23.7 Å². The van der Waals surface area contributed by atoms with Gasteiger partial charge in [0.2, 0.25) is 5.75 Å². The lowest BCUT2D eigenvalue weighted by atomic mass is 9.93. The molecule has 0 fully saturated rings. The molecule has 0 spiro atoms. The first-order chi connectivity index (χ1) is 13.6. The Morgan fingerprint density at radius 3 is 1.89 bits per heavy atom. The molecule has 0 atom stereocenters. The van der Waals surface area contributed by atoms with Gasteiger partial charge in [0.1, 0.15) is 0 Å². The minimum absolute atomic E-state index is 0.603. The SMILES string of the molecule is COc1cc2c(cc1OC)C(CCc1cc(OC)c(OC)c(OC)c1)=NCC2. The molecular formula is C22H27NO5. The van der Waals surface area contributed by atoms with Crippen LogP contribution >= 0.6 is 0 Å². The highest BCUT2D eigenvalue weighted by Crippen LogP contribution is 2.39. The zero-order valence-corrected chi connectivity index (χ0v) is 17.1. The van der Waals surface area contributed by atoms with E-state index in [4.69, 9.17) is 28.7 Å². The van der Waals surface area contributed by atoms with Gasteiger partial charge in [-0.15, -0.1) is 0 Å². The Hall–Kier alpha value is -2.89. The van der Waals surface area contributed by atoms with Crippen LogP contribution in [0.2, 0.25) is 0 Å². The van der Waals surface area contributed by atoms with Gasteiger partial charge in [0.05, 0.1) is 35.5 Å². The molecule has 6 heteroatoms. The molecule has 2 aromatic rings. The quantitative estimate of drug-likeness (QED) is 0.693. The molecule has 0 N–H and O–H groups in total. The molecule has 0 amide bonds. The van der Waals surface area contributed by atoms with Crippen LogP contribution in [0.1, 0.15) is 23.1 Å². The second-order valence-corrected chi connectivity index (χ2v) is 6.48. The van der Waals surface area contributed by atoms with Crippen LogP contribution in [0.3, 0.4) is 0 Å². The minimum Gasteiger partial charge on any atom is -0.493 e. The van der Waals surface area contributed by atoms with Gasteiger partial charge >= 0.3 is 0 Å². The first-order valence-corrected chi connectivity index (χ1v) is 9.22. The first kappa shape index (κ1) is 19.9. The van der Waals surface area contributed by atoms with E-state index in [2.05, 4.69) is 6.07 Å². The van der Waals surface area contributed by atoms with Crippen molar-refractivity contribution < 1.29 is 23.7 Å². The summed E-state index contributed by atoms with van der Waals surface area (Å²) in [5.74, 6) is 3.41. The van der Waals surface area contributed by atoms with Gasteiger partial charge in [0.25, 0.3) is 0 Å². The van der Waals surface area contributed by atoms with Crippen molar-refractivity contribution >= 4 is 5.71 Å². The Balaban J connectivity index is 1.86. The summed E-state index contributed by atoms with van der Waals surface area (Å²) in [4.78, 5) is 4.77. The maximum atomic E-state index is 5.47. The second kappa shape index (κ2) is 8.87. The molecule has 1 aliphatic rings. The highest BCUT2D eigenvalue weighted by Gasteiger charge is 2.19. The fourth-order valence-corrected chi connectivity index (χ4v) is 3.55. The highest BCUT2D eigenvalue weighted by molar-refractivity contribution is 6.03. The van der Waals surface area contributed by atoms with Gasteiger partial charge in [-0.25, -0.2) is 0 Å². The predicted molar refractivity (Wildman–Crippen MR) is 109 cm³/mol. The van der Waals surface area contributed by atoms with Crippen LogP contribution in [0, 0.1) is 0 Å². The molecule has 0 aromatic heterocycles. The van der Waals surface area contributed by atoms with Gasteiger partial charge in [-0.05, 0) is 54.7 Å². The average Bonchev–Trinajstić information content (AvgIpc) is 2.75. The van der Waals surface area contributed by atoms with Crippen molar-refractivity contribution in [2.24, 2.45) is 4.99 Å². The summed E-state index contributed by atoms with van der Waals surface area (Å²) in [6, 6.07) is 8.06. The number of fused-ring (bicyclic) bond motifs is 1.